The summed E-state index contributed by atoms with van der Waals surface area (Å²) in [5.41, 5.74) is 0. The van der Waals surface area contributed by atoms with Gasteiger partial charge in [0.2, 0.25) is 5.13 Å². The first-order valence-electron chi connectivity index (χ1n) is 2.80. The summed E-state index contributed by atoms with van der Waals surface area (Å²) in [6.45, 7) is 0. The third-order valence-corrected chi connectivity index (χ3v) is 1.65. The number of hydrogen-bond donors (Lipinski definition) is 0. The summed E-state index contributed by atoms with van der Waals surface area (Å²) in [6.07, 6.45) is 5.70. The van der Waals surface area contributed by atoms with Crippen LogP contribution < -0.4 is 0 Å². The second kappa shape index (κ2) is 2.43. The minimum atomic E-state index is -2.01. The van der Waals surface area contributed by atoms with Gasteiger partial charge in [0.25, 0.3) is 0 Å². The molecule has 2 unspecified atom stereocenters. The molecule has 0 fully saturated rings. The van der Waals surface area contributed by atoms with Gasteiger partial charge in [-0.15, -0.1) is 0 Å². The minimum Gasteiger partial charge on any atom is -0.220 e. The Kier molecular flexibility index (Phi) is 1.78. The van der Waals surface area contributed by atoms with Gasteiger partial charge in [-0.1, -0.05) is 29.8 Å². The quantitative estimate of drug-likeness (QED) is 0.495. The first kappa shape index (κ1) is 7.30. The molecule has 0 spiro atoms. The van der Waals surface area contributed by atoms with Gasteiger partial charge in [0.05, 0.1) is 6.07 Å². The molecule has 0 bridgehead atoms. The van der Waals surface area contributed by atoms with Crippen LogP contribution in [0, 0.1) is 17.2 Å². The van der Waals surface area contributed by atoms with Crippen molar-refractivity contribution in [1.82, 2.24) is 0 Å². The molecular weight excluding hydrogens is 153 g/mol. The lowest BCUT2D eigenvalue weighted by molar-refractivity contribution is 0.305. The molecule has 2 atom stereocenters. The standard InChI is InChI=1S/C7H5ClFN/c8-7(9)4-2-1-3-6(7)5-10/h1-4,6H. The van der Waals surface area contributed by atoms with Crippen LogP contribution in [0.5, 0.6) is 0 Å². The first-order valence-corrected chi connectivity index (χ1v) is 3.18. The third kappa shape index (κ3) is 1.19. The Balaban J connectivity index is 2.87. The van der Waals surface area contributed by atoms with E-state index in [1.54, 1.807) is 12.1 Å². The van der Waals surface area contributed by atoms with Crippen molar-refractivity contribution in [2.45, 2.75) is 5.13 Å². The summed E-state index contributed by atoms with van der Waals surface area (Å²) < 4.78 is 12.9. The van der Waals surface area contributed by atoms with Gasteiger partial charge in [-0.25, -0.2) is 4.39 Å². The average Bonchev–Trinajstić information content (AvgIpc) is 1.87. The van der Waals surface area contributed by atoms with Crippen molar-refractivity contribution in [3.8, 4) is 6.07 Å². The first-order chi connectivity index (χ1) is 4.67. The molecule has 1 aliphatic rings. The normalized spacial score (nSPS) is 37.5. The van der Waals surface area contributed by atoms with Crippen LogP contribution in [0.4, 0.5) is 4.39 Å². The highest BCUT2D eigenvalue weighted by atomic mass is 35.5. The maximum atomic E-state index is 12.9. The third-order valence-electron chi connectivity index (χ3n) is 1.29. The van der Waals surface area contributed by atoms with Crippen molar-refractivity contribution < 1.29 is 4.39 Å². The van der Waals surface area contributed by atoms with E-state index in [9.17, 15) is 4.39 Å². The van der Waals surface area contributed by atoms with E-state index in [1.165, 1.54) is 18.2 Å². The van der Waals surface area contributed by atoms with Crippen molar-refractivity contribution in [3.63, 3.8) is 0 Å². The highest BCUT2D eigenvalue weighted by Crippen LogP contribution is 2.31. The Morgan fingerprint density at radius 3 is 2.70 bits per heavy atom. The van der Waals surface area contributed by atoms with Crippen LogP contribution in [0.25, 0.3) is 0 Å². The van der Waals surface area contributed by atoms with Crippen molar-refractivity contribution in [2.75, 3.05) is 0 Å². The molecule has 1 aliphatic carbocycles. The maximum Gasteiger partial charge on any atom is 0.221 e. The Hall–Kier alpha value is -0.810. The van der Waals surface area contributed by atoms with E-state index >= 15 is 0 Å². The molecule has 52 valence electrons. The van der Waals surface area contributed by atoms with Crippen LogP contribution in [0.15, 0.2) is 24.3 Å². The van der Waals surface area contributed by atoms with Crippen LogP contribution in [-0.2, 0) is 0 Å². The molecule has 1 rings (SSSR count). The van der Waals surface area contributed by atoms with E-state index in [2.05, 4.69) is 0 Å². The zero-order chi connectivity index (χ0) is 7.61. The molecule has 0 aromatic rings. The number of nitriles is 1. The lowest BCUT2D eigenvalue weighted by Crippen LogP contribution is -2.22. The van der Waals surface area contributed by atoms with Crippen molar-refractivity contribution in [3.05, 3.63) is 24.3 Å². The van der Waals surface area contributed by atoms with Gasteiger partial charge in [-0.2, -0.15) is 5.26 Å². The van der Waals surface area contributed by atoms with E-state index in [0.29, 0.717) is 0 Å². The Labute approximate surface area is 63.4 Å². The van der Waals surface area contributed by atoms with Gasteiger partial charge in [-0.05, 0) is 6.08 Å². The predicted molar refractivity (Wildman–Crippen MR) is 37.1 cm³/mol. The summed E-state index contributed by atoms with van der Waals surface area (Å²) in [7, 11) is 0. The zero-order valence-corrected chi connectivity index (χ0v) is 5.85. The molecule has 0 saturated heterocycles. The number of halogens is 2. The summed E-state index contributed by atoms with van der Waals surface area (Å²) in [4.78, 5) is 0. The van der Waals surface area contributed by atoms with Gasteiger partial charge in [0.1, 0.15) is 5.92 Å². The molecular formula is C7H5ClFN. The monoisotopic (exact) mass is 157 g/mol. The van der Waals surface area contributed by atoms with Crippen LogP contribution >= 0.6 is 11.6 Å². The lowest BCUT2D eigenvalue weighted by atomic mass is 10.0. The van der Waals surface area contributed by atoms with Crippen LogP contribution in [0.3, 0.4) is 0 Å². The smallest absolute Gasteiger partial charge is 0.220 e. The molecule has 0 N–H and O–H groups in total. The van der Waals surface area contributed by atoms with E-state index in [1.807, 2.05) is 0 Å². The molecule has 0 amide bonds. The summed E-state index contributed by atoms with van der Waals surface area (Å²) >= 11 is 5.31. The molecule has 0 aromatic carbocycles. The van der Waals surface area contributed by atoms with Crippen molar-refractivity contribution in [1.29, 1.82) is 5.26 Å². The SMILES string of the molecule is N#CC1C=CC=CC1(F)Cl. The van der Waals surface area contributed by atoms with Crippen LogP contribution in [0.1, 0.15) is 0 Å². The Morgan fingerprint density at radius 2 is 2.30 bits per heavy atom. The largest absolute Gasteiger partial charge is 0.221 e. The van der Waals surface area contributed by atoms with Gasteiger partial charge in [0, 0.05) is 0 Å². The van der Waals surface area contributed by atoms with Crippen LogP contribution in [-0.4, -0.2) is 5.13 Å². The van der Waals surface area contributed by atoms with E-state index in [4.69, 9.17) is 16.9 Å². The topological polar surface area (TPSA) is 23.8 Å². The molecule has 0 aromatic heterocycles. The van der Waals surface area contributed by atoms with E-state index in [0.717, 1.165) is 0 Å². The second-order valence-corrected chi connectivity index (χ2v) is 2.60. The van der Waals surface area contributed by atoms with Gasteiger partial charge >= 0.3 is 0 Å². The predicted octanol–water partition coefficient (Wildman–Crippen LogP) is 2.16. The number of nitrogens with zero attached hydrogens (tertiary/aromatic N) is 1. The number of hydrogen-bond acceptors (Lipinski definition) is 1. The van der Waals surface area contributed by atoms with Crippen molar-refractivity contribution in [2.24, 2.45) is 5.92 Å². The molecule has 3 heteroatoms. The Morgan fingerprint density at radius 1 is 1.60 bits per heavy atom. The summed E-state index contributed by atoms with van der Waals surface area (Å²) in [6, 6.07) is 1.75. The Bertz CT molecular complexity index is 224. The number of allylic oxidation sites excluding steroid dienone is 4. The molecule has 10 heavy (non-hydrogen) atoms. The maximum absolute atomic E-state index is 12.9. The second-order valence-electron chi connectivity index (χ2n) is 2.03. The number of alkyl halides is 2. The average molecular weight is 158 g/mol. The highest BCUT2D eigenvalue weighted by Gasteiger charge is 2.33. The molecule has 0 saturated carbocycles. The van der Waals surface area contributed by atoms with E-state index in [-0.39, 0.29) is 0 Å². The summed E-state index contributed by atoms with van der Waals surface area (Å²) in [5, 5.41) is 6.36. The van der Waals surface area contributed by atoms with Gasteiger partial charge in [-0.3, -0.25) is 0 Å². The van der Waals surface area contributed by atoms with Crippen LogP contribution in [0.2, 0.25) is 0 Å². The summed E-state index contributed by atoms with van der Waals surface area (Å²) in [5.74, 6) is -0.862. The fraction of sp³-hybridized carbons (Fsp3) is 0.286. The fourth-order valence-electron chi connectivity index (χ4n) is 0.720. The van der Waals surface area contributed by atoms with Crippen molar-refractivity contribution >= 4 is 11.6 Å². The molecule has 0 heterocycles. The van der Waals surface area contributed by atoms with Gasteiger partial charge < -0.3 is 0 Å². The minimum absolute atomic E-state index is 0.862. The van der Waals surface area contributed by atoms with Gasteiger partial charge in [0.15, 0.2) is 0 Å². The molecule has 0 radical (unpaired) electrons. The lowest BCUT2D eigenvalue weighted by Gasteiger charge is -2.18. The zero-order valence-electron chi connectivity index (χ0n) is 5.09. The molecule has 0 aliphatic heterocycles. The fourth-order valence-corrected chi connectivity index (χ4v) is 0.914. The molecule has 1 nitrogen and oxygen atoms in total. The highest BCUT2D eigenvalue weighted by molar-refractivity contribution is 6.24. The van der Waals surface area contributed by atoms with E-state index < -0.39 is 11.0 Å². The number of rotatable bonds is 0.